The fraction of sp³-hybridized carbons (Fsp3) is 0.409. The summed E-state index contributed by atoms with van der Waals surface area (Å²) >= 11 is 0. The fourth-order valence-electron chi connectivity index (χ4n) is 2.77. The summed E-state index contributed by atoms with van der Waals surface area (Å²) < 4.78 is 5.20. The Hall–Kier alpha value is -2.13. The number of unbranched alkanes of at least 4 members (excludes halogenated alkanes) is 2. The second-order valence-corrected chi connectivity index (χ2v) is 6.33. The third kappa shape index (κ3) is 7.53. The predicted octanol–water partition coefficient (Wildman–Crippen LogP) is 4.89. The minimum atomic E-state index is 0.907. The number of aromatic nitrogens is 1. The Morgan fingerprint density at radius 2 is 1.88 bits per heavy atom. The molecule has 0 aliphatic carbocycles. The SMILES string of the molecule is COc1ccc(C(C)=CCCCNCCCCc2cccnc2)cc1. The summed E-state index contributed by atoms with van der Waals surface area (Å²) in [5, 5.41) is 3.54. The molecule has 1 N–H and O–H groups in total. The molecular formula is C22H30N2O. The molecule has 1 aromatic heterocycles. The summed E-state index contributed by atoms with van der Waals surface area (Å²) in [6.07, 6.45) is 12.0. The molecule has 0 spiro atoms. The summed E-state index contributed by atoms with van der Waals surface area (Å²) in [6.45, 7) is 4.36. The van der Waals surface area contributed by atoms with Crippen LogP contribution in [0.2, 0.25) is 0 Å². The molecule has 0 radical (unpaired) electrons. The predicted molar refractivity (Wildman–Crippen MR) is 106 cm³/mol. The minimum absolute atomic E-state index is 0.907. The molecule has 0 saturated heterocycles. The van der Waals surface area contributed by atoms with Crippen molar-refractivity contribution in [1.29, 1.82) is 0 Å². The van der Waals surface area contributed by atoms with Gasteiger partial charge in [0, 0.05) is 12.4 Å². The van der Waals surface area contributed by atoms with Gasteiger partial charge in [0.2, 0.25) is 0 Å². The average molecular weight is 338 g/mol. The van der Waals surface area contributed by atoms with E-state index in [1.54, 1.807) is 7.11 Å². The largest absolute Gasteiger partial charge is 0.497 e. The van der Waals surface area contributed by atoms with Crippen molar-refractivity contribution in [3.8, 4) is 5.75 Å². The lowest BCUT2D eigenvalue weighted by Gasteiger charge is -2.06. The Morgan fingerprint density at radius 3 is 2.60 bits per heavy atom. The lowest BCUT2D eigenvalue weighted by Crippen LogP contribution is -2.16. The van der Waals surface area contributed by atoms with Crippen molar-refractivity contribution in [3.63, 3.8) is 0 Å². The maximum Gasteiger partial charge on any atom is 0.118 e. The highest BCUT2D eigenvalue weighted by molar-refractivity contribution is 5.64. The molecular weight excluding hydrogens is 308 g/mol. The molecule has 3 nitrogen and oxygen atoms in total. The third-order valence-electron chi connectivity index (χ3n) is 4.35. The van der Waals surface area contributed by atoms with Gasteiger partial charge in [0.15, 0.2) is 0 Å². The van der Waals surface area contributed by atoms with Crippen molar-refractivity contribution >= 4 is 5.57 Å². The monoisotopic (exact) mass is 338 g/mol. The Kier molecular flexibility index (Phi) is 8.78. The molecule has 2 rings (SSSR count). The first-order valence-electron chi connectivity index (χ1n) is 9.20. The molecule has 134 valence electrons. The average Bonchev–Trinajstić information content (AvgIpc) is 2.67. The number of benzene rings is 1. The molecule has 1 aromatic carbocycles. The van der Waals surface area contributed by atoms with Crippen LogP contribution in [0, 0.1) is 0 Å². The van der Waals surface area contributed by atoms with Crippen LogP contribution in [-0.4, -0.2) is 25.2 Å². The van der Waals surface area contributed by atoms with Gasteiger partial charge in [-0.3, -0.25) is 4.98 Å². The summed E-state index contributed by atoms with van der Waals surface area (Å²) in [4.78, 5) is 4.15. The molecule has 0 aliphatic rings. The lowest BCUT2D eigenvalue weighted by atomic mass is 10.1. The van der Waals surface area contributed by atoms with Gasteiger partial charge in [-0.15, -0.1) is 0 Å². The maximum atomic E-state index is 5.20. The van der Waals surface area contributed by atoms with Crippen molar-refractivity contribution in [2.24, 2.45) is 0 Å². The number of nitrogens with zero attached hydrogens (tertiary/aromatic N) is 1. The third-order valence-corrected chi connectivity index (χ3v) is 4.35. The van der Waals surface area contributed by atoms with Gasteiger partial charge in [0.05, 0.1) is 7.11 Å². The quantitative estimate of drug-likeness (QED) is 0.593. The Morgan fingerprint density at radius 1 is 1.08 bits per heavy atom. The number of rotatable bonds is 11. The van der Waals surface area contributed by atoms with Crippen LogP contribution in [-0.2, 0) is 6.42 Å². The van der Waals surface area contributed by atoms with Gasteiger partial charge in [0.1, 0.15) is 5.75 Å². The summed E-state index contributed by atoms with van der Waals surface area (Å²) in [6, 6.07) is 12.4. The number of allylic oxidation sites excluding steroid dienone is 2. The van der Waals surface area contributed by atoms with Crippen LogP contribution >= 0.6 is 0 Å². The fourth-order valence-corrected chi connectivity index (χ4v) is 2.77. The van der Waals surface area contributed by atoms with Gasteiger partial charge >= 0.3 is 0 Å². The molecule has 0 amide bonds. The molecule has 0 atom stereocenters. The Labute approximate surface area is 152 Å². The second-order valence-electron chi connectivity index (χ2n) is 6.33. The number of nitrogens with one attached hydrogen (secondary N) is 1. The summed E-state index contributed by atoms with van der Waals surface area (Å²) in [7, 11) is 1.70. The topological polar surface area (TPSA) is 34.1 Å². The highest BCUT2D eigenvalue weighted by atomic mass is 16.5. The second kappa shape index (κ2) is 11.4. The van der Waals surface area contributed by atoms with Crippen LogP contribution < -0.4 is 10.1 Å². The van der Waals surface area contributed by atoms with Crippen LogP contribution in [0.4, 0.5) is 0 Å². The van der Waals surface area contributed by atoms with Crippen molar-refractivity contribution in [3.05, 3.63) is 66.0 Å². The minimum Gasteiger partial charge on any atom is -0.497 e. The van der Waals surface area contributed by atoms with Crippen LogP contribution in [0.1, 0.15) is 43.7 Å². The van der Waals surface area contributed by atoms with E-state index in [4.69, 9.17) is 4.74 Å². The molecule has 25 heavy (non-hydrogen) atoms. The van der Waals surface area contributed by atoms with Crippen LogP contribution in [0.5, 0.6) is 5.75 Å². The standard InChI is InChI=1S/C22H30N2O/c1-19(21-11-13-22(25-2)14-12-21)8-3-5-15-23-16-6-4-9-20-10-7-17-24-18-20/h7-8,10-14,17-18,23H,3-6,9,15-16H2,1-2H3. The molecule has 0 bridgehead atoms. The molecule has 3 heteroatoms. The van der Waals surface area contributed by atoms with E-state index >= 15 is 0 Å². The van der Waals surface area contributed by atoms with Gasteiger partial charge in [-0.2, -0.15) is 0 Å². The van der Waals surface area contributed by atoms with E-state index in [1.165, 1.54) is 36.0 Å². The van der Waals surface area contributed by atoms with Gasteiger partial charge in [-0.05, 0) is 87.0 Å². The van der Waals surface area contributed by atoms with E-state index in [-0.39, 0.29) is 0 Å². The first-order valence-corrected chi connectivity index (χ1v) is 9.20. The molecule has 2 aromatic rings. The normalized spacial score (nSPS) is 11.5. The van der Waals surface area contributed by atoms with E-state index in [1.807, 2.05) is 30.6 Å². The molecule has 0 saturated carbocycles. The summed E-state index contributed by atoms with van der Waals surface area (Å²) in [5.41, 5.74) is 3.94. The van der Waals surface area contributed by atoms with Crippen LogP contribution in [0.15, 0.2) is 54.9 Å². The highest BCUT2D eigenvalue weighted by Gasteiger charge is 1.97. The van der Waals surface area contributed by atoms with Gasteiger partial charge < -0.3 is 10.1 Å². The highest BCUT2D eigenvalue weighted by Crippen LogP contribution is 2.18. The van der Waals surface area contributed by atoms with E-state index in [0.717, 1.165) is 31.7 Å². The molecule has 0 fully saturated rings. The number of ether oxygens (including phenoxy) is 1. The van der Waals surface area contributed by atoms with E-state index in [9.17, 15) is 0 Å². The number of methoxy groups -OCH3 is 1. The number of aryl methyl sites for hydroxylation is 1. The lowest BCUT2D eigenvalue weighted by molar-refractivity contribution is 0.415. The molecule has 1 heterocycles. The smallest absolute Gasteiger partial charge is 0.118 e. The van der Waals surface area contributed by atoms with Gasteiger partial charge in [-0.1, -0.05) is 24.3 Å². The van der Waals surface area contributed by atoms with Crippen molar-refractivity contribution in [2.45, 2.75) is 39.0 Å². The summed E-state index contributed by atoms with van der Waals surface area (Å²) in [5.74, 6) is 0.907. The Balaban J connectivity index is 1.52. The molecule has 0 aliphatic heterocycles. The Bertz CT molecular complexity index is 620. The zero-order chi connectivity index (χ0) is 17.7. The first-order chi connectivity index (χ1) is 12.3. The van der Waals surface area contributed by atoms with E-state index < -0.39 is 0 Å². The number of pyridine rings is 1. The van der Waals surface area contributed by atoms with Crippen LogP contribution in [0.3, 0.4) is 0 Å². The van der Waals surface area contributed by atoms with Crippen molar-refractivity contribution < 1.29 is 4.74 Å². The van der Waals surface area contributed by atoms with Crippen LogP contribution in [0.25, 0.3) is 5.57 Å². The van der Waals surface area contributed by atoms with Crippen molar-refractivity contribution in [1.82, 2.24) is 10.3 Å². The van der Waals surface area contributed by atoms with Gasteiger partial charge in [0.25, 0.3) is 0 Å². The van der Waals surface area contributed by atoms with E-state index in [0.29, 0.717) is 0 Å². The van der Waals surface area contributed by atoms with Crippen molar-refractivity contribution in [2.75, 3.05) is 20.2 Å². The van der Waals surface area contributed by atoms with E-state index in [2.05, 4.69) is 41.5 Å². The number of hydrogen-bond acceptors (Lipinski definition) is 3. The zero-order valence-electron chi connectivity index (χ0n) is 15.5. The number of hydrogen-bond donors (Lipinski definition) is 1. The zero-order valence-corrected chi connectivity index (χ0v) is 15.5. The maximum absolute atomic E-state index is 5.20. The van der Waals surface area contributed by atoms with Gasteiger partial charge in [-0.25, -0.2) is 0 Å². The first kappa shape index (κ1) is 19.2. The molecule has 0 unspecified atom stereocenters.